The van der Waals surface area contributed by atoms with Gasteiger partial charge in [-0.05, 0) is 93.6 Å². The highest BCUT2D eigenvalue weighted by Gasteiger charge is 2.33. The summed E-state index contributed by atoms with van der Waals surface area (Å²) in [5, 5.41) is 0. The lowest BCUT2D eigenvalue weighted by atomic mass is 9.87. The fourth-order valence-electron chi connectivity index (χ4n) is 5.78. The van der Waals surface area contributed by atoms with Gasteiger partial charge in [0.1, 0.15) is 5.84 Å². The van der Waals surface area contributed by atoms with Gasteiger partial charge >= 0.3 is 0 Å². The van der Waals surface area contributed by atoms with E-state index in [1.54, 1.807) is 30.3 Å². The van der Waals surface area contributed by atoms with Crippen LogP contribution in [0.5, 0.6) is 23.0 Å². The Hall–Kier alpha value is -4.50. The number of benzene rings is 4. The number of ether oxygens (including phenoxy) is 4. The summed E-state index contributed by atoms with van der Waals surface area (Å²) in [6, 6.07) is 27.7. The Morgan fingerprint density at radius 1 is 0.717 bits per heavy atom. The van der Waals surface area contributed by atoms with Gasteiger partial charge < -0.3 is 23.8 Å². The molecule has 5 rings (SSSR count). The molecule has 0 bridgehead atoms. The molecule has 0 saturated carbocycles. The minimum Gasteiger partial charge on any atom is -0.490 e. The van der Waals surface area contributed by atoms with Crippen molar-refractivity contribution in [3.8, 4) is 23.0 Å². The van der Waals surface area contributed by atoms with Crippen LogP contribution in [0.25, 0.3) is 0 Å². The molecule has 0 fully saturated rings. The van der Waals surface area contributed by atoms with Crippen molar-refractivity contribution in [3.05, 3.63) is 113 Å². The molecule has 0 radical (unpaired) electrons. The van der Waals surface area contributed by atoms with E-state index in [9.17, 15) is 8.42 Å². The van der Waals surface area contributed by atoms with Crippen molar-refractivity contribution in [1.29, 1.82) is 0 Å². The van der Waals surface area contributed by atoms with Crippen LogP contribution >= 0.6 is 0 Å². The summed E-state index contributed by atoms with van der Waals surface area (Å²) < 4.78 is 55.9. The van der Waals surface area contributed by atoms with Crippen molar-refractivity contribution in [2.45, 2.75) is 51.5 Å². The van der Waals surface area contributed by atoms with Crippen LogP contribution in [0.2, 0.25) is 0 Å². The Morgan fingerprint density at radius 2 is 1.28 bits per heavy atom. The van der Waals surface area contributed by atoms with E-state index in [1.807, 2.05) is 82.3 Å². The Balaban J connectivity index is 1.69. The largest absolute Gasteiger partial charge is 0.490 e. The average Bonchev–Trinajstić information content (AvgIpc) is 3.07. The number of sulfonamides is 1. The maximum Gasteiger partial charge on any atom is 0.284 e. The Labute approximate surface area is 272 Å². The third-order valence-corrected chi connectivity index (χ3v) is 9.03. The molecular formula is C37H42N2O6S. The van der Waals surface area contributed by atoms with E-state index in [2.05, 4.69) is 15.4 Å². The number of hydrogen-bond acceptors (Lipinski definition) is 6. The van der Waals surface area contributed by atoms with Gasteiger partial charge in [-0.25, -0.2) is 0 Å². The summed E-state index contributed by atoms with van der Waals surface area (Å²) in [6.07, 6.45) is 1.22. The van der Waals surface area contributed by atoms with E-state index in [-0.39, 0.29) is 10.9 Å². The fourth-order valence-corrected chi connectivity index (χ4v) is 6.83. The van der Waals surface area contributed by atoms with Gasteiger partial charge in [0.15, 0.2) is 23.0 Å². The molecule has 0 aromatic heterocycles. The molecule has 8 nitrogen and oxygen atoms in total. The third-order valence-electron chi connectivity index (χ3n) is 7.75. The number of fused-ring (bicyclic) bond motifs is 1. The number of amidine groups is 1. The zero-order chi connectivity index (χ0) is 32.5. The molecule has 46 heavy (non-hydrogen) atoms. The predicted molar refractivity (Wildman–Crippen MR) is 181 cm³/mol. The van der Waals surface area contributed by atoms with Crippen LogP contribution in [0.4, 0.5) is 0 Å². The normalized spacial score (nSPS) is 14.8. The maximum atomic E-state index is 13.8. The van der Waals surface area contributed by atoms with E-state index in [1.165, 1.54) is 0 Å². The third kappa shape index (κ3) is 7.48. The van der Waals surface area contributed by atoms with Crippen molar-refractivity contribution >= 4 is 15.9 Å². The molecule has 1 aliphatic rings. The van der Waals surface area contributed by atoms with Crippen LogP contribution in [0.15, 0.2) is 100 Å². The van der Waals surface area contributed by atoms with Gasteiger partial charge in [-0.3, -0.25) is 0 Å². The smallest absolute Gasteiger partial charge is 0.284 e. The lowest BCUT2D eigenvalue weighted by molar-refractivity contribution is 0.275. The Bertz CT molecular complexity index is 1740. The summed E-state index contributed by atoms with van der Waals surface area (Å²) in [5.41, 5.74) is 3.89. The van der Waals surface area contributed by atoms with E-state index < -0.39 is 10.0 Å². The van der Waals surface area contributed by atoms with E-state index >= 15 is 0 Å². The highest BCUT2D eigenvalue weighted by molar-refractivity contribution is 7.90. The van der Waals surface area contributed by atoms with E-state index in [4.69, 9.17) is 18.9 Å². The second-order valence-electron chi connectivity index (χ2n) is 10.7. The lowest BCUT2D eigenvalue weighted by Crippen LogP contribution is -2.42. The van der Waals surface area contributed by atoms with Crippen LogP contribution in [0, 0.1) is 0 Å². The predicted octanol–water partition coefficient (Wildman–Crippen LogP) is 7.26. The molecule has 0 amide bonds. The molecule has 1 aliphatic heterocycles. The summed E-state index contributed by atoms with van der Waals surface area (Å²) in [5.74, 6) is 3.12. The van der Waals surface area contributed by atoms with Crippen LogP contribution in [0.1, 0.15) is 56.0 Å². The highest BCUT2D eigenvalue weighted by atomic mass is 32.2. The van der Waals surface area contributed by atoms with Gasteiger partial charge in [0, 0.05) is 12.1 Å². The number of hydrogen-bond donors (Lipinski definition) is 0. The van der Waals surface area contributed by atoms with Crippen molar-refractivity contribution in [2.75, 3.05) is 33.0 Å². The van der Waals surface area contributed by atoms with Crippen LogP contribution < -0.4 is 18.9 Å². The SMILES string of the molecule is CCOc1ccc(C[C@H]2c3cc(OCC)c(OCC)cc3CCN2C(=NS(=O)(=O)c2ccccc2)c2ccccc2)cc1OCC. The summed E-state index contributed by atoms with van der Waals surface area (Å²) in [4.78, 5) is 2.26. The molecule has 4 aromatic carbocycles. The second-order valence-corrected chi connectivity index (χ2v) is 12.3. The maximum absolute atomic E-state index is 13.8. The van der Waals surface area contributed by atoms with Gasteiger partial charge in [0.05, 0.1) is 37.4 Å². The molecule has 0 N–H and O–H groups in total. The van der Waals surface area contributed by atoms with Gasteiger partial charge in [-0.1, -0.05) is 54.6 Å². The molecular weight excluding hydrogens is 600 g/mol. The minimum absolute atomic E-state index is 0.144. The highest BCUT2D eigenvalue weighted by Crippen LogP contribution is 2.41. The molecule has 0 spiro atoms. The van der Waals surface area contributed by atoms with Crippen molar-refractivity contribution < 1.29 is 27.4 Å². The average molecular weight is 643 g/mol. The zero-order valence-electron chi connectivity index (χ0n) is 26.9. The first-order valence-corrected chi connectivity index (χ1v) is 17.3. The first-order valence-electron chi connectivity index (χ1n) is 15.9. The minimum atomic E-state index is -4.02. The van der Waals surface area contributed by atoms with Crippen molar-refractivity contribution in [2.24, 2.45) is 4.40 Å². The van der Waals surface area contributed by atoms with E-state index in [0.717, 1.165) is 16.7 Å². The number of nitrogens with zero attached hydrogens (tertiary/aromatic N) is 2. The van der Waals surface area contributed by atoms with Crippen LogP contribution in [-0.4, -0.2) is 52.1 Å². The second kappa shape index (κ2) is 15.2. The molecule has 0 unspecified atom stereocenters. The van der Waals surface area contributed by atoms with Crippen LogP contribution in [-0.2, 0) is 22.9 Å². The first kappa shape index (κ1) is 32.9. The molecule has 9 heteroatoms. The van der Waals surface area contributed by atoms with E-state index in [0.29, 0.717) is 80.2 Å². The van der Waals surface area contributed by atoms with Crippen LogP contribution in [0.3, 0.4) is 0 Å². The monoisotopic (exact) mass is 642 g/mol. The molecule has 4 aromatic rings. The zero-order valence-corrected chi connectivity index (χ0v) is 27.8. The van der Waals surface area contributed by atoms with Gasteiger partial charge in [0.2, 0.25) is 0 Å². The topological polar surface area (TPSA) is 86.7 Å². The summed E-state index contributed by atoms with van der Waals surface area (Å²) in [7, 11) is -4.02. The molecule has 242 valence electrons. The van der Waals surface area contributed by atoms with Gasteiger partial charge in [-0.15, -0.1) is 4.40 Å². The standard InChI is InChI=1S/C37H42N2O6S/c1-5-42-33-20-19-27(24-34(33)43-6-2)23-32-31-26-36(45-8-4)35(44-7-3)25-29(31)21-22-39(32)37(28-15-11-9-12-16-28)38-46(40,41)30-17-13-10-14-18-30/h9-20,24-26,32H,5-8,21-23H2,1-4H3/t32-/m0/s1. The lowest BCUT2D eigenvalue weighted by Gasteiger charge is -2.40. The van der Waals surface area contributed by atoms with Crippen molar-refractivity contribution in [3.63, 3.8) is 0 Å². The molecule has 0 saturated heterocycles. The quantitative estimate of drug-likeness (QED) is 0.112. The summed E-state index contributed by atoms with van der Waals surface area (Å²) in [6.45, 7) is 10.4. The molecule has 1 atom stereocenters. The molecule has 0 aliphatic carbocycles. The van der Waals surface area contributed by atoms with Gasteiger partial charge in [0.25, 0.3) is 10.0 Å². The van der Waals surface area contributed by atoms with Gasteiger partial charge in [-0.2, -0.15) is 8.42 Å². The fraction of sp³-hybridized carbons (Fsp3) is 0.324. The molecule has 1 heterocycles. The summed E-state index contributed by atoms with van der Waals surface area (Å²) >= 11 is 0. The number of rotatable bonds is 13. The Kier molecular flexibility index (Phi) is 10.9. The van der Waals surface area contributed by atoms with Crippen molar-refractivity contribution in [1.82, 2.24) is 4.90 Å². The first-order chi connectivity index (χ1) is 22.4. The Morgan fingerprint density at radius 3 is 1.91 bits per heavy atom.